The molecule has 0 aliphatic carbocycles. The van der Waals surface area contributed by atoms with Gasteiger partial charge in [-0.15, -0.1) is 0 Å². The molecule has 0 amide bonds. The summed E-state index contributed by atoms with van der Waals surface area (Å²) in [6.45, 7) is 0.439. The quantitative estimate of drug-likeness (QED) is 0.339. The minimum absolute atomic E-state index is 0.00542. The second-order valence-corrected chi connectivity index (χ2v) is 6.30. The van der Waals surface area contributed by atoms with E-state index in [4.69, 9.17) is 24.7 Å². The van der Waals surface area contributed by atoms with Crippen LogP contribution in [0.4, 0.5) is 5.69 Å². The highest BCUT2D eigenvalue weighted by Crippen LogP contribution is 2.36. The average Bonchev–Trinajstić information content (AvgIpc) is 2.74. The molecule has 0 aromatic heterocycles. The van der Waals surface area contributed by atoms with E-state index in [1.807, 2.05) is 42.5 Å². The van der Waals surface area contributed by atoms with Crippen LogP contribution in [0.5, 0.6) is 11.5 Å². The Morgan fingerprint density at radius 3 is 1.57 bits per heavy atom. The van der Waals surface area contributed by atoms with Crippen molar-refractivity contribution < 1.29 is 18.9 Å². The zero-order valence-electron chi connectivity index (χ0n) is 16.1. The zero-order chi connectivity index (χ0) is 19.8. The number of para-hydroxylation sites is 1. The summed E-state index contributed by atoms with van der Waals surface area (Å²) < 4.78 is 20.9. The zero-order valence-corrected chi connectivity index (χ0v) is 16.1. The largest absolute Gasteiger partial charge is 0.468 e. The highest BCUT2D eigenvalue weighted by molar-refractivity contribution is 5.56. The molecular weight excluding hydrogens is 354 g/mol. The van der Waals surface area contributed by atoms with Crippen LogP contribution in [0.25, 0.3) is 0 Å². The Morgan fingerprint density at radius 1 is 0.679 bits per heavy atom. The molecule has 0 aliphatic heterocycles. The number of nitrogen functional groups attached to an aromatic ring is 1. The van der Waals surface area contributed by atoms with Gasteiger partial charge in [0.25, 0.3) is 0 Å². The summed E-state index contributed by atoms with van der Waals surface area (Å²) in [7, 11) is 3.20. The maximum atomic E-state index is 6.30. The molecule has 0 saturated heterocycles. The lowest BCUT2D eigenvalue weighted by molar-refractivity contribution is 0.0509. The van der Waals surface area contributed by atoms with E-state index in [-0.39, 0.29) is 19.5 Å². The predicted molar refractivity (Wildman–Crippen MR) is 110 cm³/mol. The van der Waals surface area contributed by atoms with Crippen molar-refractivity contribution in [3.05, 3.63) is 89.5 Å². The van der Waals surface area contributed by atoms with Crippen molar-refractivity contribution in [2.45, 2.75) is 5.92 Å². The molecule has 0 unspecified atom stereocenters. The molecule has 2 N–H and O–H groups in total. The average molecular weight is 379 g/mol. The second-order valence-electron chi connectivity index (χ2n) is 6.30. The Morgan fingerprint density at radius 2 is 1.14 bits per heavy atom. The molecule has 0 heterocycles. The third kappa shape index (κ3) is 4.82. The van der Waals surface area contributed by atoms with E-state index in [1.165, 1.54) is 0 Å². The van der Waals surface area contributed by atoms with Gasteiger partial charge in [0.05, 0.1) is 0 Å². The standard InChI is InChI=1S/C23H25NO4/c1-25-15-27-19-11-7-17(8-12-19)23(21-5-3-4-6-22(21)24)18-9-13-20(14-10-18)28-16-26-2/h3-14,23H,15-16,24H2,1-2H3. The van der Waals surface area contributed by atoms with E-state index in [0.29, 0.717) is 0 Å². The van der Waals surface area contributed by atoms with Gasteiger partial charge in [0.1, 0.15) is 11.5 Å². The number of rotatable bonds is 9. The second kappa shape index (κ2) is 9.78. The van der Waals surface area contributed by atoms with Crippen LogP contribution in [-0.4, -0.2) is 27.8 Å². The molecule has 0 fully saturated rings. The molecular formula is C23H25NO4. The fourth-order valence-corrected chi connectivity index (χ4v) is 3.09. The number of anilines is 1. The first-order valence-electron chi connectivity index (χ1n) is 9.00. The number of benzene rings is 3. The van der Waals surface area contributed by atoms with E-state index < -0.39 is 0 Å². The maximum Gasteiger partial charge on any atom is 0.188 e. The fraction of sp³-hybridized carbons (Fsp3) is 0.217. The topological polar surface area (TPSA) is 62.9 Å². The summed E-state index contributed by atoms with van der Waals surface area (Å²) in [5.41, 5.74) is 10.4. The van der Waals surface area contributed by atoms with E-state index in [9.17, 15) is 0 Å². The summed E-state index contributed by atoms with van der Waals surface area (Å²) in [4.78, 5) is 0. The first-order chi connectivity index (χ1) is 13.7. The Bertz CT molecular complexity index is 811. The highest BCUT2D eigenvalue weighted by Gasteiger charge is 2.19. The molecule has 3 rings (SSSR count). The van der Waals surface area contributed by atoms with Crippen molar-refractivity contribution in [3.63, 3.8) is 0 Å². The minimum Gasteiger partial charge on any atom is -0.468 e. The monoisotopic (exact) mass is 379 g/mol. The first kappa shape index (κ1) is 19.7. The van der Waals surface area contributed by atoms with Gasteiger partial charge in [-0.25, -0.2) is 0 Å². The number of hydrogen-bond donors (Lipinski definition) is 1. The molecule has 5 heteroatoms. The fourth-order valence-electron chi connectivity index (χ4n) is 3.09. The molecule has 0 aliphatic rings. The van der Waals surface area contributed by atoms with Crippen LogP contribution in [0.1, 0.15) is 22.6 Å². The van der Waals surface area contributed by atoms with Crippen LogP contribution < -0.4 is 15.2 Å². The molecule has 3 aromatic carbocycles. The van der Waals surface area contributed by atoms with Gasteiger partial charge in [0.15, 0.2) is 13.6 Å². The summed E-state index contributed by atoms with van der Waals surface area (Å²) in [5.74, 6) is 1.51. The summed E-state index contributed by atoms with van der Waals surface area (Å²) >= 11 is 0. The molecule has 146 valence electrons. The number of methoxy groups -OCH3 is 2. The van der Waals surface area contributed by atoms with Gasteiger partial charge in [-0.2, -0.15) is 0 Å². The highest BCUT2D eigenvalue weighted by atomic mass is 16.7. The normalized spacial score (nSPS) is 10.8. The van der Waals surface area contributed by atoms with Crippen LogP contribution in [0.3, 0.4) is 0 Å². The predicted octanol–water partition coefficient (Wildman–Crippen LogP) is 4.41. The van der Waals surface area contributed by atoms with Crippen LogP contribution in [0.2, 0.25) is 0 Å². The maximum absolute atomic E-state index is 6.30. The van der Waals surface area contributed by atoms with Crippen LogP contribution in [-0.2, 0) is 9.47 Å². The van der Waals surface area contributed by atoms with Gasteiger partial charge < -0.3 is 24.7 Å². The van der Waals surface area contributed by atoms with E-state index in [2.05, 4.69) is 30.3 Å². The van der Waals surface area contributed by atoms with Crippen molar-refractivity contribution in [2.75, 3.05) is 33.5 Å². The molecule has 0 atom stereocenters. The lowest BCUT2D eigenvalue weighted by Crippen LogP contribution is -2.07. The Labute approximate surface area is 165 Å². The van der Waals surface area contributed by atoms with Crippen molar-refractivity contribution in [2.24, 2.45) is 0 Å². The molecule has 28 heavy (non-hydrogen) atoms. The number of ether oxygens (including phenoxy) is 4. The third-order valence-corrected chi connectivity index (χ3v) is 4.42. The van der Waals surface area contributed by atoms with Crippen molar-refractivity contribution in [3.8, 4) is 11.5 Å². The molecule has 5 nitrogen and oxygen atoms in total. The van der Waals surface area contributed by atoms with Gasteiger partial charge >= 0.3 is 0 Å². The first-order valence-corrected chi connectivity index (χ1v) is 9.00. The van der Waals surface area contributed by atoms with Gasteiger partial charge in [0.2, 0.25) is 0 Å². The third-order valence-electron chi connectivity index (χ3n) is 4.42. The number of hydrogen-bond acceptors (Lipinski definition) is 5. The van der Waals surface area contributed by atoms with Gasteiger partial charge in [-0.3, -0.25) is 0 Å². The molecule has 0 spiro atoms. The van der Waals surface area contributed by atoms with Gasteiger partial charge in [-0.1, -0.05) is 42.5 Å². The lowest BCUT2D eigenvalue weighted by Gasteiger charge is -2.21. The summed E-state index contributed by atoms with van der Waals surface area (Å²) in [6, 6.07) is 23.9. The van der Waals surface area contributed by atoms with E-state index in [0.717, 1.165) is 33.9 Å². The van der Waals surface area contributed by atoms with Gasteiger partial charge in [-0.05, 0) is 47.0 Å². The van der Waals surface area contributed by atoms with E-state index in [1.54, 1.807) is 14.2 Å². The Hall–Kier alpha value is -3.02. The summed E-state index contributed by atoms with van der Waals surface area (Å²) in [5, 5.41) is 0. The minimum atomic E-state index is -0.00542. The van der Waals surface area contributed by atoms with Crippen molar-refractivity contribution in [1.29, 1.82) is 0 Å². The van der Waals surface area contributed by atoms with Gasteiger partial charge in [0, 0.05) is 25.8 Å². The van der Waals surface area contributed by atoms with Crippen molar-refractivity contribution >= 4 is 5.69 Å². The van der Waals surface area contributed by atoms with Crippen LogP contribution in [0.15, 0.2) is 72.8 Å². The van der Waals surface area contributed by atoms with E-state index >= 15 is 0 Å². The van der Waals surface area contributed by atoms with Crippen molar-refractivity contribution in [1.82, 2.24) is 0 Å². The Kier molecular flexibility index (Phi) is 6.89. The Balaban J connectivity index is 1.95. The summed E-state index contributed by atoms with van der Waals surface area (Å²) in [6.07, 6.45) is 0. The van der Waals surface area contributed by atoms with Crippen LogP contribution >= 0.6 is 0 Å². The molecule has 0 radical (unpaired) electrons. The smallest absolute Gasteiger partial charge is 0.188 e. The van der Waals surface area contributed by atoms with Crippen LogP contribution in [0, 0.1) is 0 Å². The SMILES string of the molecule is COCOc1ccc(C(c2ccc(OCOC)cc2)c2ccccc2N)cc1. The molecule has 0 bridgehead atoms. The molecule has 0 saturated carbocycles. The molecule has 3 aromatic rings. The number of nitrogens with two attached hydrogens (primary N) is 1. The lowest BCUT2D eigenvalue weighted by atomic mass is 9.84.